The van der Waals surface area contributed by atoms with Gasteiger partial charge < -0.3 is 18.8 Å². The minimum atomic E-state index is -0.620. The van der Waals surface area contributed by atoms with Crippen molar-refractivity contribution in [2.75, 3.05) is 4.90 Å². The van der Waals surface area contributed by atoms with E-state index in [4.69, 9.17) is 13.9 Å². The molecule has 1 aromatic heterocycles. The Bertz CT molecular complexity index is 4170. The summed E-state index contributed by atoms with van der Waals surface area (Å²) < 4.78 is 19.8. The molecule has 12 aromatic rings. The largest absolute Gasteiger partial charge is 0.457 e. The number of ether oxygens (including phenoxy) is 2. The fraction of sp³-hybridized carbons (Fsp3) is 0.0294. The summed E-state index contributed by atoms with van der Waals surface area (Å²) in [7, 11) is 0. The van der Waals surface area contributed by atoms with Crippen molar-refractivity contribution in [2.45, 2.75) is 10.8 Å². The highest BCUT2D eigenvalue weighted by molar-refractivity contribution is 6.06. The van der Waals surface area contributed by atoms with E-state index in [1.807, 2.05) is 12.1 Å². The molecule has 0 radical (unpaired) electrons. The molecule has 336 valence electrons. The third-order valence-corrected chi connectivity index (χ3v) is 16.0. The second-order valence-electron chi connectivity index (χ2n) is 19.4. The minimum Gasteiger partial charge on any atom is -0.457 e. The molecule has 0 atom stereocenters. The summed E-state index contributed by atoms with van der Waals surface area (Å²) in [6, 6.07) is 90.3. The molecular weight excluding hydrogens is 879 g/mol. The van der Waals surface area contributed by atoms with Crippen LogP contribution in [-0.2, 0) is 10.8 Å². The van der Waals surface area contributed by atoms with E-state index in [-0.39, 0.29) is 0 Å². The van der Waals surface area contributed by atoms with Crippen LogP contribution in [0.5, 0.6) is 23.0 Å². The molecule has 0 fully saturated rings. The molecule has 0 unspecified atom stereocenters. The highest BCUT2D eigenvalue weighted by atomic mass is 16.5. The van der Waals surface area contributed by atoms with Gasteiger partial charge >= 0.3 is 0 Å². The van der Waals surface area contributed by atoms with E-state index in [1.54, 1.807) is 0 Å². The van der Waals surface area contributed by atoms with E-state index >= 15 is 0 Å². The van der Waals surface area contributed by atoms with Gasteiger partial charge in [0.1, 0.15) is 34.2 Å². The van der Waals surface area contributed by atoms with E-state index in [9.17, 15) is 0 Å². The first-order valence-electron chi connectivity index (χ1n) is 24.7. The van der Waals surface area contributed by atoms with E-state index in [0.717, 1.165) is 95.4 Å². The third-order valence-electron chi connectivity index (χ3n) is 16.0. The van der Waals surface area contributed by atoms with Gasteiger partial charge in [-0.15, -0.1) is 0 Å². The van der Waals surface area contributed by atoms with Crippen molar-refractivity contribution in [3.8, 4) is 56.4 Å². The number of hydrogen-bond acceptors (Lipinski definition) is 4. The maximum absolute atomic E-state index is 6.74. The third kappa shape index (κ3) is 5.15. The summed E-state index contributed by atoms with van der Waals surface area (Å²) in [5, 5.41) is 2.25. The lowest BCUT2D eigenvalue weighted by molar-refractivity contribution is 0.436. The zero-order valence-electron chi connectivity index (χ0n) is 38.8. The number of rotatable bonds is 4. The van der Waals surface area contributed by atoms with Crippen LogP contribution in [0.2, 0.25) is 0 Å². The van der Waals surface area contributed by atoms with Gasteiger partial charge in [0.15, 0.2) is 0 Å². The number of para-hydroxylation sites is 5. The highest BCUT2D eigenvalue weighted by Crippen LogP contribution is 2.65. The first-order chi connectivity index (χ1) is 35.7. The van der Waals surface area contributed by atoms with Crippen LogP contribution < -0.4 is 14.4 Å². The Kier molecular flexibility index (Phi) is 7.99. The summed E-state index contributed by atoms with van der Waals surface area (Å²) in [5.74, 6) is 3.52. The molecule has 4 heteroatoms. The summed E-state index contributed by atoms with van der Waals surface area (Å²) >= 11 is 0. The number of benzene rings is 11. The van der Waals surface area contributed by atoms with E-state index in [2.05, 4.69) is 241 Å². The fourth-order valence-corrected chi connectivity index (χ4v) is 13.1. The Balaban J connectivity index is 0.926. The first kappa shape index (κ1) is 39.5. The van der Waals surface area contributed by atoms with Gasteiger partial charge in [-0.05, 0) is 134 Å². The van der Waals surface area contributed by atoms with E-state index in [0.29, 0.717) is 0 Å². The predicted molar refractivity (Wildman–Crippen MR) is 289 cm³/mol. The van der Waals surface area contributed by atoms with Gasteiger partial charge in [-0.1, -0.05) is 170 Å². The molecule has 0 bridgehead atoms. The molecule has 4 aliphatic rings. The maximum Gasteiger partial charge on any atom is 0.136 e. The molecule has 0 amide bonds. The van der Waals surface area contributed by atoms with Gasteiger partial charge in [-0.3, -0.25) is 0 Å². The maximum atomic E-state index is 6.74. The van der Waals surface area contributed by atoms with Gasteiger partial charge in [-0.2, -0.15) is 0 Å². The number of furan rings is 1. The lowest BCUT2D eigenvalue weighted by Crippen LogP contribution is -2.32. The monoisotopic (exact) mass is 919 g/mol. The van der Waals surface area contributed by atoms with Crippen LogP contribution in [-0.4, -0.2) is 0 Å². The van der Waals surface area contributed by atoms with E-state index in [1.165, 1.54) is 44.5 Å². The van der Waals surface area contributed by atoms with Crippen LogP contribution in [0, 0.1) is 0 Å². The molecule has 0 saturated carbocycles. The van der Waals surface area contributed by atoms with Crippen LogP contribution >= 0.6 is 0 Å². The van der Waals surface area contributed by atoms with Crippen molar-refractivity contribution >= 4 is 39.0 Å². The highest BCUT2D eigenvalue weighted by Gasteiger charge is 2.53. The second-order valence-corrected chi connectivity index (χ2v) is 19.4. The predicted octanol–water partition coefficient (Wildman–Crippen LogP) is 17.7. The Morgan fingerprint density at radius 1 is 0.264 bits per heavy atom. The lowest BCUT2D eigenvalue weighted by Gasteiger charge is -2.40. The Labute approximate surface area is 416 Å². The number of nitrogens with zero attached hydrogens (tertiary/aromatic N) is 1. The van der Waals surface area contributed by atoms with Crippen molar-refractivity contribution in [1.29, 1.82) is 0 Å². The van der Waals surface area contributed by atoms with Crippen LogP contribution in [0.1, 0.15) is 44.5 Å². The van der Waals surface area contributed by atoms with E-state index < -0.39 is 10.8 Å². The van der Waals surface area contributed by atoms with Crippen molar-refractivity contribution in [2.24, 2.45) is 0 Å². The lowest BCUT2D eigenvalue weighted by atomic mass is 9.66. The van der Waals surface area contributed by atoms with Crippen molar-refractivity contribution < 1.29 is 13.9 Å². The average molecular weight is 920 g/mol. The smallest absolute Gasteiger partial charge is 0.136 e. The molecule has 3 heterocycles. The van der Waals surface area contributed by atoms with Gasteiger partial charge in [0.05, 0.1) is 10.8 Å². The first-order valence-corrected chi connectivity index (χ1v) is 24.7. The SMILES string of the molecule is c1ccc2c(c1)Oc1ccccc1C21c2ccccc2-c2cc(N(c3ccc(-c4ccc5c(c4)oc4ccccc45)cc3)c3ccc4c(c3)C3(c5ccccc5Oc5ccccc53)c3ccccc3-4)ccc21. The topological polar surface area (TPSA) is 34.8 Å². The molecule has 4 nitrogen and oxygen atoms in total. The molecule has 16 rings (SSSR count). The number of fused-ring (bicyclic) bond motifs is 21. The molecule has 0 N–H and O–H groups in total. The van der Waals surface area contributed by atoms with Crippen LogP contribution in [0.3, 0.4) is 0 Å². The number of hydrogen-bond donors (Lipinski definition) is 0. The van der Waals surface area contributed by atoms with Crippen LogP contribution in [0.15, 0.2) is 253 Å². The summed E-state index contributed by atoms with van der Waals surface area (Å²) in [5.41, 5.74) is 20.4. The minimum absolute atomic E-state index is 0.571. The second kappa shape index (κ2) is 14.6. The van der Waals surface area contributed by atoms with Crippen molar-refractivity contribution in [3.63, 3.8) is 0 Å². The zero-order valence-corrected chi connectivity index (χ0v) is 38.8. The Morgan fingerprint density at radius 2 is 0.694 bits per heavy atom. The van der Waals surface area contributed by atoms with Crippen molar-refractivity contribution in [1.82, 2.24) is 0 Å². The van der Waals surface area contributed by atoms with Crippen LogP contribution in [0.4, 0.5) is 17.1 Å². The molecule has 11 aromatic carbocycles. The van der Waals surface area contributed by atoms with Gasteiger partial charge in [0.2, 0.25) is 0 Å². The van der Waals surface area contributed by atoms with Crippen LogP contribution in [0.25, 0.3) is 55.3 Å². The summed E-state index contributed by atoms with van der Waals surface area (Å²) in [4.78, 5) is 2.44. The van der Waals surface area contributed by atoms with Crippen molar-refractivity contribution in [3.05, 3.63) is 293 Å². The summed E-state index contributed by atoms with van der Waals surface area (Å²) in [6.45, 7) is 0. The molecule has 2 aliphatic heterocycles. The standard InChI is InChI=1S/C68H41NO3/c1-4-18-53-47(15-1)49-37-34-46(41-60(49)68(53)58-22-8-13-27-64(58)72-65-28-14-9-23-59(65)68)69(44-32-29-42(30-33-44)43-31-36-51-50-17-3-10-24-61(50)70-66(51)39-43)45-35-38-55-52(40-45)48-16-2-5-19-54(48)67(55)56-20-6-11-25-62(56)71-63-26-12-7-21-57(63)67/h1-41H. The molecule has 72 heavy (non-hydrogen) atoms. The van der Waals surface area contributed by atoms with Gasteiger partial charge in [-0.25, -0.2) is 0 Å². The Morgan fingerprint density at radius 3 is 1.32 bits per heavy atom. The van der Waals surface area contributed by atoms with Gasteiger partial charge in [0.25, 0.3) is 0 Å². The molecular formula is C68H41NO3. The molecule has 2 aliphatic carbocycles. The van der Waals surface area contributed by atoms with Gasteiger partial charge in [0, 0.05) is 50.1 Å². The summed E-state index contributed by atoms with van der Waals surface area (Å²) in [6.07, 6.45) is 0. The zero-order chi connectivity index (χ0) is 47.1. The number of anilines is 3. The Hall–Kier alpha value is -9.38. The fourth-order valence-electron chi connectivity index (χ4n) is 13.1. The molecule has 2 spiro atoms. The molecule has 0 saturated heterocycles. The quantitative estimate of drug-likeness (QED) is 0.176. The average Bonchev–Trinajstić information content (AvgIpc) is 4.06. The normalized spacial score (nSPS) is 14.3.